The van der Waals surface area contributed by atoms with E-state index < -0.39 is 0 Å². The van der Waals surface area contributed by atoms with Crippen molar-refractivity contribution in [1.82, 2.24) is 14.8 Å². The lowest BCUT2D eigenvalue weighted by Gasteiger charge is -2.11. The summed E-state index contributed by atoms with van der Waals surface area (Å²) in [7, 11) is 1.62. The molecule has 2 heterocycles. The van der Waals surface area contributed by atoms with Gasteiger partial charge in [-0.05, 0) is 19.1 Å². The number of nitrogens with one attached hydrogen (secondary N) is 1. The normalized spacial score (nSPS) is 11.2. The molecule has 1 aromatic carbocycles. The summed E-state index contributed by atoms with van der Waals surface area (Å²) in [6, 6.07) is 7.59. The molecule has 23 heavy (non-hydrogen) atoms. The highest BCUT2D eigenvalue weighted by molar-refractivity contribution is 6.01. The van der Waals surface area contributed by atoms with Crippen LogP contribution in [-0.2, 0) is 6.54 Å². The molecule has 2 N–H and O–H groups in total. The molecule has 118 valence electrons. The molecular formula is C16H17N5O2. The van der Waals surface area contributed by atoms with Crippen molar-refractivity contribution in [2.45, 2.75) is 13.5 Å². The van der Waals surface area contributed by atoms with Crippen LogP contribution in [0.25, 0.3) is 11.0 Å². The minimum Gasteiger partial charge on any atom is -0.497 e. The zero-order valence-electron chi connectivity index (χ0n) is 12.9. The minimum atomic E-state index is 0.665. The number of oxime groups is 1. The first kappa shape index (κ1) is 14.8. The minimum absolute atomic E-state index is 0.665. The molecule has 0 aliphatic rings. The summed E-state index contributed by atoms with van der Waals surface area (Å²) >= 11 is 0. The van der Waals surface area contributed by atoms with E-state index in [1.54, 1.807) is 19.5 Å². The van der Waals surface area contributed by atoms with Crippen LogP contribution in [0.5, 0.6) is 5.75 Å². The Hall–Kier alpha value is -3.09. The lowest BCUT2D eigenvalue weighted by Crippen LogP contribution is -2.01. The lowest BCUT2D eigenvalue weighted by molar-refractivity contribution is 0.322. The van der Waals surface area contributed by atoms with Gasteiger partial charge in [0.25, 0.3) is 0 Å². The summed E-state index contributed by atoms with van der Waals surface area (Å²) < 4.78 is 7.06. The molecule has 2 aromatic heterocycles. The Morgan fingerprint density at radius 3 is 3.00 bits per heavy atom. The molecule has 0 bridgehead atoms. The maximum absolute atomic E-state index is 8.89. The van der Waals surface area contributed by atoms with Gasteiger partial charge < -0.3 is 15.3 Å². The Kier molecular flexibility index (Phi) is 4.09. The first-order valence-electron chi connectivity index (χ1n) is 7.19. The number of pyridine rings is 1. The van der Waals surface area contributed by atoms with Crippen LogP contribution in [-0.4, -0.2) is 33.3 Å². The fourth-order valence-electron chi connectivity index (χ4n) is 2.42. The van der Waals surface area contributed by atoms with Crippen molar-refractivity contribution in [3.63, 3.8) is 0 Å². The van der Waals surface area contributed by atoms with Crippen molar-refractivity contribution in [1.29, 1.82) is 0 Å². The van der Waals surface area contributed by atoms with Crippen molar-refractivity contribution in [3.8, 4) is 5.75 Å². The summed E-state index contributed by atoms with van der Waals surface area (Å²) in [6.07, 6.45) is 4.75. The van der Waals surface area contributed by atoms with Gasteiger partial charge >= 0.3 is 0 Å². The third kappa shape index (κ3) is 2.80. The Labute approximate surface area is 133 Å². The lowest BCUT2D eigenvalue weighted by atomic mass is 10.2. The van der Waals surface area contributed by atoms with E-state index in [1.807, 2.05) is 35.9 Å². The molecule has 3 aromatic rings. The van der Waals surface area contributed by atoms with E-state index in [0.717, 1.165) is 34.7 Å². The first-order chi connectivity index (χ1) is 11.3. The van der Waals surface area contributed by atoms with Gasteiger partial charge in [-0.15, -0.1) is 0 Å². The predicted molar refractivity (Wildman–Crippen MR) is 88.9 cm³/mol. The molecule has 0 spiro atoms. The number of aromatic nitrogens is 3. The summed E-state index contributed by atoms with van der Waals surface area (Å²) in [6.45, 7) is 2.73. The quantitative estimate of drug-likeness (QED) is 0.430. The molecule has 0 aliphatic carbocycles. The van der Waals surface area contributed by atoms with Crippen molar-refractivity contribution < 1.29 is 9.94 Å². The summed E-state index contributed by atoms with van der Waals surface area (Å²) in [5.74, 6) is 0.752. The van der Waals surface area contributed by atoms with Gasteiger partial charge in [-0.3, -0.25) is 0 Å². The van der Waals surface area contributed by atoms with Crippen molar-refractivity contribution >= 4 is 28.6 Å². The number of rotatable bonds is 5. The van der Waals surface area contributed by atoms with Gasteiger partial charge in [-0.25, -0.2) is 9.67 Å². The number of hydrogen-bond donors (Lipinski definition) is 2. The third-order valence-corrected chi connectivity index (χ3v) is 3.53. The van der Waals surface area contributed by atoms with Gasteiger partial charge in [0.15, 0.2) is 5.65 Å². The summed E-state index contributed by atoms with van der Waals surface area (Å²) in [5.41, 5.74) is 3.07. The largest absolute Gasteiger partial charge is 0.497 e. The average molecular weight is 311 g/mol. The van der Waals surface area contributed by atoms with Crippen LogP contribution in [0.3, 0.4) is 0 Å². The standard InChI is InChI=1S/C16H17N5O2/c1-3-21-16-14(10-18-21)15(11(8-17-16)9-19-22)20-12-5-4-6-13(7-12)23-2/h4-10,22H,3H2,1-2H3,(H,17,20). The molecular weight excluding hydrogens is 294 g/mol. The zero-order valence-corrected chi connectivity index (χ0v) is 12.9. The van der Waals surface area contributed by atoms with E-state index in [1.165, 1.54) is 6.21 Å². The third-order valence-electron chi connectivity index (χ3n) is 3.53. The number of ether oxygens (including phenoxy) is 1. The van der Waals surface area contributed by atoms with Crippen LogP contribution in [0.15, 0.2) is 41.8 Å². The summed E-state index contributed by atoms with van der Waals surface area (Å²) in [5, 5.41) is 20.5. The molecule has 0 amide bonds. The number of methoxy groups -OCH3 is 1. The molecule has 7 heteroatoms. The molecule has 0 aliphatic heterocycles. The van der Waals surface area contributed by atoms with Gasteiger partial charge in [-0.2, -0.15) is 5.10 Å². The molecule has 7 nitrogen and oxygen atoms in total. The number of hydrogen-bond acceptors (Lipinski definition) is 6. The molecule has 0 saturated heterocycles. The second-order valence-corrected chi connectivity index (χ2v) is 4.89. The molecule has 0 saturated carbocycles. The molecule has 0 radical (unpaired) electrons. The highest BCUT2D eigenvalue weighted by Gasteiger charge is 2.12. The van der Waals surface area contributed by atoms with E-state index in [-0.39, 0.29) is 0 Å². The first-order valence-corrected chi connectivity index (χ1v) is 7.19. The number of fused-ring (bicyclic) bond motifs is 1. The second-order valence-electron chi connectivity index (χ2n) is 4.89. The monoisotopic (exact) mass is 311 g/mol. The molecule has 3 rings (SSSR count). The Balaban J connectivity index is 2.12. The van der Waals surface area contributed by atoms with E-state index >= 15 is 0 Å². The molecule has 0 fully saturated rings. The van der Waals surface area contributed by atoms with Crippen LogP contribution in [0.1, 0.15) is 12.5 Å². The van der Waals surface area contributed by atoms with Crippen LogP contribution in [0.4, 0.5) is 11.4 Å². The maximum atomic E-state index is 8.89. The van der Waals surface area contributed by atoms with Gasteiger partial charge in [0.1, 0.15) is 5.75 Å². The Morgan fingerprint density at radius 1 is 1.39 bits per heavy atom. The topological polar surface area (TPSA) is 84.6 Å². The van der Waals surface area contributed by atoms with Crippen molar-refractivity contribution in [2.75, 3.05) is 12.4 Å². The second kappa shape index (κ2) is 6.35. The molecule has 0 atom stereocenters. The fraction of sp³-hybridized carbons (Fsp3) is 0.188. The highest BCUT2D eigenvalue weighted by Crippen LogP contribution is 2.29. The summed E-state index contributed by atoms with van der Waals surface area (Å²) in [4.78, 5) is 4.40. The van der Waals surface area contributed by atoms with Crippen LogP contribution in [0, 0.1) is 0 Å². The SMILES string of the molecule is CCn1ncc2c(Nc3cccc(OC)c3)c(C=NO)cnc21. The van der Waals surface area contributed by atoms with Gasteiger partial charge in [0, 0.05) is 30.1 Å². The predicted octanol–water partition coefficient (Wildman–Crippen LogP) is 3.01. The van der Waals surface area contributed by atoms with Crippen LogP contribution >= 0.6 is 0 Å². The molecule has 0 unspecified atom stereocenters. The Bertz CT molecular complexity index is 857. The van der Waals surface area contributed by atoms with E-state index in [0.29, 0.717) is 5.56 Å². The van der Waals surface area contributed by atoms with Gasteiger partial charge in [0.2, 0.25) is 0 Å². The maximum Gasteiger partial charge on any atom is 0.159 e. The number of nitrogens with zero attached hydrogens (tertiary/aromatic N) is 4. The van der Waals surface area contributed by atoms with E-state index in [4.69, 9.17) is 9.94 Å². The number of aryl methyl sites for hydroxylation is 1. The number of anilines is 2. The number of benzene rings is 1. The van der Waals surface area contributed by atoms with Crippen LogP contribution in [0.2, 0.25) is 0 Å². The van der Waals surface area contributed by atoms with Crippen LogP contribution < -0.4 is 10.1 Å². The van der Waals surface area contributed by atoms with E-state index in [2.05, 4.69) is 20.6 Å². The highest BCUT2D eigenvalue weighted by atomic mass is 16.5. The van der Waals surface area contributed by atoms with Crippen molar-refractivity contribution in [3.05, 3.63) is 42.2 Å². The fourth-order valence-corrected chi connectivity index (χ4v) is 2.42. The van der Waals surface area contributed by atoms with Gasteiger partial charge in [-0.1, -0.05) is 11.2 Å². The van der Waals surface area contributed by atoms with Gasteiger partial charge in [0.05, 0.1) is 30.6 Å². The average Bonchev–Trinajstić information content (AvgIpc) is 3.00. The zero-order chi connectivity index (χ0) is 16.2. The van der Waals surface area contributed by atoms with E-state index in [9.17, 15) is 0 Å². The Morgan fingerprint density at radius 2 is 2.26 bits per heavy atom. The van der Waals surface area contributed by atoms with Crippen molar-refractivity contribution in [2.24, 2.45) is 5.16 Å². The smallest absolute Gasteiger partial charge is 0.159 e.